The van der Waals surface area contributed by atoms with E-state index in [-0.39, 0.29) is 17.5 Å². The van der Waals surface area contributed by atoms with Crippen LogP contribution in [0.1, 0.15) is 26.4 Å². The highest BCUT2D eigenvalue weighted by Crippen LogP contribution is 2.25. The van der Waals surface area contributed by atoms with Crippen molar-refractivity contribution in [1.82, 2.24) is 10.3 Å². The van der Waals surface area contributed by atoms with Crippen molar-refractivity contribution in [1.29, 1.82) is 0 Å². The fourth-order valence-electron chi connectivity index (χ4n) is 2.07. The van der Waals surface area contributed by atoms with Crippen LogP contribution in [0.3, 0.4) is 0 Å². The summed E-state index contributed by atoms with van der Waals surface area (Å²) in [6.07, 6.45) is 2.99. The van der Waals surface area contributed by atoms with E-state index >= 15 is 0 Å². The molecule has 0 aliphatic heterocycles. The highest BCUT2D eigenvalue weighted by atomic mass is 16.5. The molecule has 6 heteroatoms. The number of carbonyl (C=O) groups is 2. The van der Waals surface area contributed by atoms with Gasteiger partial charge in [-0.25, -0.2) is 0 Å². The Morgan fingerprint density at radius 2 is 2.04 bits per heavy atom. The van der Waals surface area contributed by atoms with Crippen LogP contribution in [0.5, 0.6) is 5.75 Å². The van der Waals surface area contributed by atoms with Crippen LogP contribution in [0.25, 0.3) is 0 Å². The van der Waals surface area contributed by atoms with Gasteiger partial charge in [0.05, 0.1) is 12.8 Å². The van der Waals surface area contributed by atoms with E-state index in [1.54, 1.807) is 18.2 Å². The third-order valence-electron chi connectivity index (χ3n) is 3.26. The van der Waals surface area contributed by atoms with Crippen molar-refractivity contribution < 1.29 is 14.3 Å². The van der Waals surface area contributed by atoms with Gasteiger partial charge in [-0.15, -0.1) is 6.58 Å². The summed E-state index contributed by atoms with van der Waals surface area (Å²) in [4.78, 5) is 28.3. The zero-order valence-corrected chi connectivity index (χ0v) is 13.6. The summed E-state index contributed by atoms with van der Waals surface area (Å²) in [5, 5.41) is 5.41. The minimum atomic E-state index is -0.363. The minimum absolute atomic E-state index is 0.167. The van der Waals surface area contributed by atoms with Crippen molar-refractivity contribution >= 4 is 17.5 Å². The molecule has 1 aromatic carbocycles. The molecule has 2 amide bonds. The van der Waals surface area contributed by atoms with Gasteiger partial charge in [0, 0.05) is 18.3 Å². The quantitative estimate of drug-likeness (QED) is 0.800. The van der Waals surface area contributed by atoms with E-state index in [4.69, 9.17) is 4.74 Å². The zero-order valence-electron chi connectivity index (χ0n) is 13.6. The molecule has 0 unspecified atom stereocenters. The summed E-state index contributed by atoms with van der Waals surface area (Å²) in [6.45, 7) is 5.78. The second kappa shape index (κ2) is 7.92. The normalized spacial score (nSPS) is 9.92. The maximum Gasteiger partial charge on any atom is 0.270 e. The summed E-state index contributed by atoms with van der Waals surface area (Å²) in [5.74, 6) is -0.149. The molecule has 124 valence electrons. The number of hydrogen-bond donors (Lipinski definition) is 2. The summed E-state index contributed by atoms with van der Waals surface area (Å²) in [7, 11) is 1.54. The number of nitrogens with zero attached hydrogens (tertiary/aromatic N) is 1. The molecular formula is C18H19N3O3. The van der Waals surface area contributed by atoms with Crippen LogP contribution in [-0.2, 0) is 0 Å². The number of nitrogens with one attached hydrogen (secondary N) is 2. The van der Waals surface area contributed by atoms with E-state index in [0.717, 1.165) is 5.56 Å². The SMILES string of the molecule is C=CCNC(=O)c1cc(C(=O)Nc2cc(C)ccc2OC)ccn1. The molecular weight excluding hydrogens is 306 g/mol. The smallest absolute Gasteiger partial charge is 0.270 e. The average Bonchev–Trinajstić information content (AvgIpc) is 2.60. The first kappa shape index (κ1) is 17.2. The molecule has 0 spiro atoms. The first-order valence-corrected chi connectivity index (χ1v) is 7.36. The lowest BCUT2D eigenvalue weighted by molar-refractivity contribution is 0.0953. The number of methoxy groups -OCH3 is 1. The minimum Gasteiger partial charge on any atom is -0.495 e. The van der Waals surface area contributed by atoms with Gasteiger partial charge in [-0.05, 0) is 36.8 Å². The average molecular weight is 325 g/mol. The van der Waals surface area contributed by atoms with Gasteiger partial charge < -0.3 is 15.4 Å². The Hall–Kier alpha value is -3.15. The molecule has 0 saturated heterocycles. The Balaban J connectivity index is 2.20. The third kappa shape index (κ3) is 4.19. The van der Waals surface area contributed by atoms with Gasteiger partial charge in [-0.2, -0.15) is 0 Å². The van der Waals surface area contributed by atoms with E-state index < -0.39 is 0 Å². The largest absolute Gasteiger partial charge is 0.495 e. The second-order valence-corrected chi connectivity index (χ2v) is 5.09. The van der Waals surface area contributed by atoms with Gasteiger partial charge in [0.25, 0.3) is 11.8 Å². The Kier molecular flexibility index (Phi) is 5.68. The molecule has 2 N–H and O–H groups in total. The predicted octanol–water partition coefficient (Wildman–Crippen LogP) is 2.57. The van der Waals surface area contributed by atoms with Crippen molar-refractivity contribution in [2.45, 2.75) is 6.92 Å². The topological polar surface area (TPSA) is 80.3 Å². The lowest BCUT2D eigenvalue weighted by Crippen LogP contribution is -2.24. The van der Waals surface area contributed by atoms with Gasteiger partial charge in [0.2, 0.25) is 0 Å². The molecule has 0 saturated carbocycles. The molecule has 0 radical (unpaired) electrons. The first-order valence-electron chi connectivity index (χ1n) is 7.36. The van der Waals surface area contributed by atoms with Gasteiger partial charge in [0.1, 0.15) is 11.4 Å². The van der Waals surface area contributed by atoms with E-state index in [2.05, 4.69) is 22.2 Å². The van der Waals surface area contributed by atoms with Crippen molar-refractivity contribution in [2.24, 2.45) is 0 Å². The van der Waals surface area contributed by atoms with E-state index in [9.17, 15) is 9.59 Å². The Labute approximate surface area is 140 Å². The van der Waals surface area contributed by atoms with Crippen LogP contribution >= 0.6 is 0 Å². The van der Waals surface area contributed by atoms with Crippen LogP contribution < -0.4 is 15.4 Å². The molecule has 2 rings (SSSR count). The van der Waals surface area contributed by atoms with Crippen molar-refractivity contribution in [3.05, 3.63) is 66.0 Å². The molecule has 6 nitrogen and oxygen atoms in total. The summed E-state index contributed by atoms with van der Waals surface area (Å²) in [6, 6.07) is 8.47. The number of carbonyl (C=O) groups excluding carboxylic acids is 2. The summed E-state index contributed by atoms with van der Waals surface area (Å²) in [5.41, 5.74) is 2.06. The van der Waals surface area contributed by atoms with Crippen molar-refractivity contribution in [3.8, 4) is 5.75 Å². The number of hydrogen-bond acceptors (Lipinski definition) is 4. The number of amides is 2. The van der Waals surface area contributed by atoms with E-state index in [1.165, 1.54) is 19.4 Å². The molecule has 0 bridgehead atoms. The maximum absolute atomic E-state index is 12.4. The van der Waals surface area contributed by atoms with Crippen LogP contribution in [0, 0.1) is 6.92 Å². The molecule has 1 aromatic heterocycles. The second-order valence-electron chi connectivity index (χ2n) is 5.09. The summed E-state index contributed by atoms with van der Waals surface area (Å²) < 4.78 is 5.24. The van der Waals surface area contributed by atoms with Gasteiger partial charge >= 0.3 is 0 Å². The van der Waals surface area contributed by atoms with Gasteiger partial charge in [-0.1, -0.05) is 12.1 Å². The fraction of sp³-hybridized carbons (Fsp3) is 0.167. The highest BCUT2D eigenvalue weighted by Gasteiger charge is 2.13. The molecule has 0 aliphatic rings. The monoisotopic (exact) mass is 325 g/mol. The number of anilines is 1. The van der Waals surface area contributed by atoms with Crippen LogP contribution in [0.4, 0.5) is 5.69 Å². The van der Waals surface area contributed by atoms with E-state index in [0.29, 0.717) is 23.5 Å². The van der Waals surface area contributed by atoms with Gasteiger partial charge in [0.15, 0.2) is 0 Å². The molecule has 0 atom stereocenters. The van der Waals surface area contributed by atoms with Crippen LogP contribution in [-0.4, -0.2) is 30.5 Å². The Morgan fingerprint density at radius 3 is 2.75 bits per heavy atom. The molecule has 0 aliphatic carbocycles. The molecule has 0 fully saturated rings. The lowest BCUT2D eigenvalue weighted by atomic mass is 10.1. The molecule has 1 heterocycles. The van der Waals surface area contributed by atoms with Crippen LogP contribution in [0.15, 0.2) is 49.2 Å². The number of aromatic nitrogens is 1. The number of aryl methyl sites for hydroxylation is 1. The van der Waals surface area contributed by atoms with Gasteiger partial charge in [-0.3, -0.25) is 14.6 Å². The number of benzene rings is 1. The summed E-state index contributed by atoms with van der Waals surface area (Å²) >= 11 is 0. The zero-order chi connectivity index (χ0) is 17.5. The van der Waals surface area contributed by atoms with E-state index in [1.807, 2.05) is 19.1 Å². The Morgan fingerprint density at radius 1 is 1.25 bits per heavy atom. The van der Waals surface area contributed by atoms with Crippen molar-refractivity contribution in [3.63, 3.8) is 0 Å². The van der Waals surface area contributed by atoms with Crippen LogP contribution in [0.2, 0.25) is 0 Å². The lowest BCUT2D eigenvalue weighted by Gasteiger charge is -2.11. The fourth-order valence-corrected chi connectivity index (χ4v) is 2.07. The molecule has 2 aromatic rings. The van der Waals surface area contributed by atoms with Crippen molar-refractivity contribution in [2.75, 3.05) is 19.0 Å². The first-order chi connectivity index (χ1) is 11.5. The highest BCUT2D eigenvalue weighted by molar-refractivity contribution is 6.06. The standard InChI is InChI=1S/C18H19N3O3/c1-4-8-20-18(23)15-11-13(7-9-19-15)17(22)21-14-10-12(2)5-6-16(14)24-3/h4-7,9-11H,1,8H2,2-3H3,(H,20,23)(H,21,22). The number of pyridine rings is 1. The molecule has 24 heavy (non-hydrogen) atoms. The maximum atomic E-state index is 12.4. The number of ether oxygens (including phenoxy) is 1. The predicted molar refractivity (Wildman–Crippen MR) is 92.5 cm³/mol. The number of rotatable bonds is 6. The third-order valence-corrected chi connectivity index (χ3v) is 3.26. The Bertz CT molecular complexity index is 772.